The molecule has 0 aliphatic carbocycles. The molecule has 0 fully saturated rings. The van der Waals surface area contributed by atoms with Crippen molar-refractivity contribution in [2.75, 3.05) is 4.90 Å². The fourth-order valence-electron chi connectivity index (χ4n) is 11.7. The molecular formula is C64H55N5. The predicted molar refractivity (Wildman–Crippen MR) is 290 cm³/mol. The van der Waals surface area contributed by atoms with Crippen LogP contribution >= 0.6 is 0 Å². The molecule has 0 radical (unpaired) electrons. The van der Waals surface area contributed by atoms with E-state index in [1.54, 1.807) is 0 Å². The van der Waals surface area contributed by atoms with E-state index in [1.165, 1.54) is 55.2 Å². The molecule has 4 heterocycles. The first-order valence-electron chi connectivity index (χ1n) is 24.2. The predicted octanol–water partition coefficient (Wildman–Crippen LogP) is 15.8. The van der Waals surface area contributed by atoms with Gasteiger partial charge < -0.3 is 9.47 Å². The minimum absolute atomic E-state index is 0.0369. The van der Waals surface area contributed by atoms with E-state index in [2.05, 4.69) is 251 Å². The first kappa shape index (κ1) is 42.3. The van der Waals surface area contributed by atoms with Crippen molar-refractivity contribution < 1.29 is 0 Å². The summed E-state index contributed by atoms with van der Waals surface area (Å²) in [5.41, 5.74) is 17.3. The van der Waals surface area contributed by atoms with Gasteiger partial charge in [-0.1, -0.05) is 139 Å². The molecule has 1 atom stereocenters. The van der Waals surface area contributed by atoms with E-state index in [-0.39, 0.29) is 5.92 Å². The zero-order valence-electron chi connectivity index (χ0n) is 40.4. The van der Waals surface area contributed by atoms with Gasteiger partial charge in [0.25, 0.3) is 0 Å². The van der Waals surface area contributed by atoms with Crippen LogP contribution in [0.15, 0.2) is 205 Å². The Morgan fingerprint density at radius 2 is 1.03 bits per heavy atom. The molecule has 5 heteroatoms. The normalized spacial score (nSPS) is 15.8. The Bertz CT molecular complexity index is 3760. The number of fused-ring (bicyclic) bond motifs is 6. The average Bonchev–Trinajstić information content (AvgIpc) is 3.94. The standard InChI is InChI=1S/C64H55N5/c1-41-28-32-56-54(35-41)52-31-30-50(68-57-33-29-42(2)36-55(57)53-27-18-34-65-62(53)68)40-58(52)67(56)51-38-48(45-21-11-8-12-22-45)37-49(39-51)61-66-63(5,6)64(7,69(61)60-43(3)19-17-20-44(60)4)59(46-23-13-9-14-24-46)47-25-15-10-16-26-47/h8-40,59H,1-7H3/t64-/m0/s1. The SMILES string of the molecule is Cc1ccc2c(c1)c1ccc(-n3c4ccc(C)cc4c4cccnc43)cc1n2-c1cc(C2=NC(C)(C)[C@](C)(C(c3ccccc3)c3ccccc3)N2c2c(C)cccc2C)cc(-c2ccccc2)c1. The van der Waals surface area contributed by atoms with Crippen LogP contribution in [0.1, 0.15) is 65.6 Å². The van der Waals surface area contributed by atoms with Crippen LogP contribution in [0.3, 0.4) is 0 Å². The monoisotopic (exact) mass is 893 g/mol. The number of aryl methyl sites for hydroxylation is 4. The lowest BCUT2D eigenvalue weighted by Gasteiger charge is -2.50. The Morgan fingerprint density at radius 1 is 0.435 bits per heavy atom. The number of anilines is 1. The van der Waals surface area contributed by atoms with Crippen LogP contribution in [0.25, 0.3) is 66.2 Å². The number of pyridine rings is 1. The fraction of sp³-hybridized carbons (Fsp3) is 0.156. The van der Waals surface area contributed by atoms with E-state index in [0.29, 0.717) is 0 Å². The Morgan fingerprint density at radius 3 is 1.68 bits per heavy atom. The van der Waals surface area contributed by atoms with Gasteiger partial charge >= 0.3 is 0 Å². The molecule has 0 saturated heterocycles. The van der Waals surface area contributed by atoms with Crippen molar-refractivity contribution in [2.45, 2.75) is 65.5 Å². The number of hydrogen-bond acceptors (Lipinski definition) is 3. The fourth-order valence-corrected chi connectivity index (χ4v) is 11.7. The second-order valence-electron chi connectivity index (χ2n) is 19.9. The summed E-state index contributed by atoms with van der Waals surface area (Å²) in [6.07, 6.45) is 1.90. The van der Waals surface area contributed by atoms with E-state index < -0.39 is 11.1 Å². The summed E-state index contributed by atoms with van der Waals surface area (Å²) in [4.78, 5) is 13.6. The van der Waals surface area contributed by atoms with Crippen molar-refractivity contribution in [1.29, 1.82) is 0 Å². The van der Waals surface area contributed by atoms with Gasteiger partial charge in [-0.2, -0.15) is 0 Å². The summed E-state index contributed by atoms with van der Waals surface area (Å²) in [6.45, 7) is 16.0. The molecule has 8 aromatic carbocycles. The summed E-state index contributed by atoms with van der Waals surface area (Å²) in [5.74, 6) is 0.921. The first-order valence-corrected chi connectivity index (χ1v) is 24.2. The highest BCUT2D eigenvalue weighted by molar-refractivity contribution is 6.16. The van der Waals surface area contributed by atoms with Crippen LogP contribution in [-0.2, 0) is 0 Å². The van der Waals surface area contributed by atoms with E-state index in [1.807, 2.05) is 12.3 Å². The lowest BCUT2D eigenvalue weighted by atomic mass is 9.66. The summed E-state index contributed by atoms with van der Waals surface area (Å²) in [7, 11) is 0. The number of para-hydroxylation sites is 1. The molecule has 0 bridgehead atoms. The third kappa shape index (κ3) is 6.66. The zero-order chi connectivity index (χ0) is 47.2. The summed E-state index contributed by atoms with van der Waals surface area (Å²) >= 11 is 0. The van der Waals surface area contributed by atoms with Crippen molar-refractivity contribution in [3.8, 4) is 22.5 Å². The van der Waals surface area contributed by atoms with Gasteiger partial charge in [0.1, 0.15) is 11.5 Å². The second kappa shape index (κ2) is 16.1. The molecule has 0 saturated carbocycles. The molecule has 0 amide bonds. The molecule has 0 N–H and O–H groups in total. The number of hydrogen-bond donors (Lipinski definition) is 0. The molecule has 12 rings (SSSR count). The van der Waals surface area contributed by atoms with Crippen LogP contribution < -0.4 is 4.90 Å². The van der Waals surface area contributed by atoms with Gasteiger partial charge in [0.2, 0.25) is 0 Å². The first-order chi connectivity index (χ1) is 33.5. The maximum atomic E-state index is 5.98. The Balaban J connectivity index is 1.15. The van der Waals surface area contributed by atoms with Gasteiger partial charge in [0.05, 0.1) is 27.6 Å². The Kier molecular flexibility index (Phi) is 9.86. The minimum atomic E-state index is -0.570. The van der Waals surface area contributed by atoms with Gasteiger partial charge in [-0.3, -0.25) is 9.56 Å². The number of rotatable bonds is 8. The number of benzene rings is 8. The van der Waals surface area contributed by atoms with Crippen LogP contribution in [0, 0.1) is 27.7 Å². The van der Waals surface area contributed by atoms with Crippen LogP contribution in [0.2, 0.25) is 0 Å². The summed E-state index contributed by atoms with van der Waals surface area (Å²) in [5, 5.41) is 4.77. The molecule has 0 unspecified atom stereocenters. The largest absolute Gasteiger partial charge is 0.316 e. The average molecular weight is 894 g/mol. The molecule has 5 nitrogen and oxygen atoms in total. The third-order valence-corrected chi connectivity index (χ3v) is 15.2. The number of amidine groups is 1. The van der Waals surface area contributed by atoms with Gasteiger partial charge in [-0.15, -0.1) is 0 Å². The van der Waals surface area contributed by atoms with Crippen LogP contribution in [0.5, 0.6) is 0 Å². The smallest absolute Gasteiger partial charge is 0.145 e. The molecule has 0 spiro atoms. The molecule has 336 valence electrons. The summed E-state index contributed by atoms with van der Waals surface area (Å²) in [6, 6.07) is 71.5. The maximum Gasteiger partial charge on any atom is 0.145 e. The van der Waals surface area contributed by atoms with Gasteiger partial charge in [-0.05, 0) is 149 Å². The zero-order valence-corrected chi connectivity index (χ0v) is 40.4. The van der Waals surface area contributed by atoms with Gasteiger partial charge in [0, 0.05) is 56.3 Å². The molecule has 1 aliphatic rings. The second-order valence-corrected chi connectivity index (χ2v) is 19.9. The molecular weight excluding hydrogens is 839 g/mol. The third-order valence-electron chi connectivity index (χ3n) is 15.2. The highest BCUT2D eigenvalue weighted by Crippen LogP contribution is 2.54. The minimum Gasteiger partial charge on any atom is -0.316 e. The van der Waals surface area contributed by atoms with Gasteiger partial charge in [0.15, 0.2) is 0 Å². The molecule has 1 aliphatic heterocycles. The number of aromatic nitrogens is 3. The van der Waals surface area contributed by atoms with Crippen molar-refractivity contribution in [3.63, 3.8) is 0 Å². The lowest BCUT2D eigenvalue weighted by Crippen LogP contribution is -2.60. The van der Waals surface area contributed by atoms with E-state index in [0.717, 1.165) is 61.5 Å². The van der Waals surface area contributed by atoms with E-state index in [9.17, 15) is 0 Å². The van der Waals surface area contributed by atoms with Crippen molar-refractivity contribution >= 4 is 55.3 Å². The number of nitrogens with zero attached hydrogens (tertiary/aromatic N) is 5. The summed E-state index contributed by atoms with van der Waals surface area (Å²) < 4.78 is 4.81. The molecule has 3 aromatic heterocycles. The topological polar surface area (TPSA) is 38.4 Å². The lowest BCUT2D eigenvalue weighted by molar-refractivity contribution is 0.279. The van der Waals surface area contributed by atoms with E-state index >= 15 is 0 Å². The highest BCUT2D eigenvalue weighted by atomic mass is 15.3. The van der Waals surface area contributed by atoms with Crippen molar-refractivity contribution in [1.82, 2.24) is 14.1 Å². The molecule has 69 heavy (non-hydrogen) atoms. The highest BCUT2D eigenvalue weighted by Gasteiger charge is 2.58. The van der Waals surface area contributed by atoms with Crippen LogP contribution in [-0.4, -0.2) is 31.0 Å². The number of aliphatic imine (C=N–C) groups is 1. The Hall–Kier alpha value is -8.02. The molecule has 11 aromatic rings. The Labute approximate surface area is 404 Å². The van der Waals surface area contributed by atoms with Crippen molar-refractivity contribution in [2.24, 2.45) is 4.99 Å². The van der Waals surface area contributed by atoms with Crippen LogP contribution in [0.4, 0.5) is 5.69 Å². The quantitative estimate of drug-likeness (QED) is 0.152. The van der Waals surface area contributed by atoms with E-state index in [4.69, 9.17) is 9.98 Å². The van der Waals surface area contributed by atoms with Crippen molar-refractivity contribution in [3.05, 3.63) is 239 Å². The van der Waals surface area contributed by atoms with Gasteiger partial charge in [-0.25, -0.2) is 4.98 Å². The maximum absolute atomic E-state index is 5.98.